The van der Waals surface area contributed by atoms with Crippen LogP contribution in [0.1, 0.15) is 43.9 Å². The van der Waals surface area contributed by atoms with Crippen molar-refractivity contribution in [1.29, 1.82) is 0 Å². The third-order valence-electron chi connectivity index (χ3n) is 4.61. The lowest BCUT2D eigenvalue weighted by molar-refractivity contribution is -0.137. The van der Waals surface area contributed by atoms with Crippen molar-refractivity contribution in [2.75, 3.05) is 23.3 Å². The van der Waals surface area contributed by atoms with Gasteiger partial charge in [-0.25, -0.2) is 9.97 Å². The van der Waals surface area contributed by atoms with E-state index in [1.54, 1.807) is 0 Å². The lowest BCUT2D eigenvalue weighted by Gasteiger charge is -2.32. The van der Waals surface area contributed by atoms with E-state index >= 15 is 0 Å². The maximum atomic E-state index is 12.6. The maximum absolute atomic E-state index is 12.6. The van der Waals surface area contributed by atoms with Crippen molar-refractivity contribution in [3.8, 4) is 0 Å². The van der Waals surface area contributed by atoms with E-state index in [1.165, 1.54) is 17.4 Å². The molecule has 5 nitrogen and oxygen atoms in total. The summed E-state index contributed by atoms with van der Waals surface area (Å²) in [4.78, 5) is 22.7. The molecule has 1 aliphatic rings. The van der Waals surface area contributed by atoms with Crippen LogP contribution in [0.2, 0.25) is 0 Å². The van der Waals surface area contributed by atoms with Crippen molar-refractivity contribution < 1.29 is 18.0 Å². The number of aromatic nitrogens is 2. The number of piperidine rings is 1. The molecule has 3 heterocycles. The summed E-state index contributed by atoms with van der Waals surface area (Å²) in [5.41, 5.74) is 0.197. The molecule has 0 atom stereocenters. The van der Waals surface area contributed by atoms with Gasteiger partial charge in [0.05, 0.1) is 11.3 Å². The molecule has 0 bridgehead atoms. The molecule has 0 aromatic carbocycles. The largest absolute Gasteiger partial charge is 0.417 e. The van der Waals surface area contributed by atoms with E-state index in [2.05, 4.69) is 15.3 Å². The number of rotatable bonds is 4. The minimum Gasteiger partial charge on any atom is -0.357 e. The number of halogens is 3. The smallest absolute Gasteiger partial charge is 0.357 e. The number of carbonyl (C=O) groups is 1. The number of hydrogen-bond donors (Lipinski definition) is 1. The van der Waals surface area contributed by atoms with Crippen molar-refractivity contribution in [3.63, 3.8) is 0 Å². The monoisotopic (exact) mass is 398 g/mol. The Balaban J connectivity index is 1.54. The van der Waals surface area contributed by atoms with Crippen LogP contribution in [-0.2, 0) is 11.0 Å². The zero-order valence-electron chi connectivity index (χ0n) is 15.1. The summed E-state index contributed by atoms with van der Waals surface area (Å²) < 4.78 is 37.9. The summed E-state index contributed by atoms with van der Waals surface area (Å²) in [7, 11) is 0. The molecule has 2 aromatic heterocycles. The molecule has 146 valence electrons. The summed E-state index contributed by atoms with van der Waals surface area (Å²) in [5, 5.41) is 5.43. The fourth-order valence-electron chi connectivity index (χ4n) is 2.93. The number of nitrogens with zero attached hydrogens (tertiary/aromatic N) is 3. The zero-order chi connectivity index (χ0) is 19.6. The standard InChI is InChI=1S/C18H21F3N4OS/c1-11(2)14-10-27-17(23-14)24-16(26)12-5-7-25(8-6-12)15-4-3-13(9-22-15)18(19,20)21/h3-4,9-12H,5-8H2,1-2H3,(H,23,24,26). The normalized spacial score (nSPS) is 16.0. The number of amides is 1. The van der Waals surface area contributed by atoms with E-state index < -0.39 is 11.7 Å². The van der Waals surface area contributed by atoms with Crippen LogP contribution in [0, 0.1) is 5.92 Å². The van der Waals surface area contributed by atoms with Gasteiger partial charge in [-0.3, -0.25) is 4.79 Å². The van der Waals surface area contributed by atoms with E-state index in [1.807, 2.05) is 24.1 Å². The number of carbonyl (C=O) groups excluding carboxylic acids is 1. The summed E-state index contributed by atoms with van der Waals surface area (Å²) in [5.74, 6) is 0.622. The maximum Gasteiger partial charge on any atom is 0.417 e. The lowest BCUT2D eigenvalue weighted by atomic mass is 9.96. The van der Waals surface area contributed by atoms with Gasteiger partial charge >= 0.3 is 6.18 Å². The van der Waals surface area contributed by atoms with Gasteiger partial charge in [0.1, 0.15) is 5.82 Å². The van der Waals surface area contributed by atoms with Crippen LogP contribution in [0.5, 0.6) is 0 Å². The summed E-state index contributed by atoms with van der Waals surface area (Å²) in [6, 6.07) is 2.42. The Hall–Kier alpha value is -2.16. The number of anilines is 2. The van der Waals surface area contributed by atoms with Crippen LogP contribution in [0.25, 0.3) is 0 Å². The first-order chi connectivity index (χ1) is 12.7. The summed E-state index contributed by atoms with van der Waals surface area (Å²) in [6.07, 6.45) is -2.29. The van der Waals surface area contributed by atoms with Gasteiger partial charge < -0.3 is 10.2 Å². The topological polar surface area (TPSA) is 58.1 Å². The Morgan fingerprint density at radius 2 is 2.00 bits per heavy atom. The van der Waals surface area contributed by atoms with Crippen LogP contribution in [0.15, 0.2) is 23.7 Å². The lowest BCUT2D eigenvalue weighted by Crippen LogP contribution is -2.38. The van der Waals surface area contributed by atoms with Gasteiger partial charge in [0.25, 0.3) is 0 Å². The number of thiazole rings is 1. The van der Waals surface area contributed by atoms with E-state index in [0.29, 0.717) is 42.8 Å². The Kier molecular flexibility index (Phi) is 5.69. The minimum absolute atomic E-state index is 0.0558. The molecule has 27 heavy (non-hydrogen) atoms. The number of nitrogens with one attached hydrogen (secondary N) is 1. The molecule has 0 radical (unpaired) electrons. The van der Waals surface area contributed by atoms with Crippen LogP contribution < -0.4 is 10.2 Å². The summed E-state index contributed by atoms with van der Waals surface area (Å²) >= 11 is 1.42. The van der Waals surface area contributed by atoms with Gasteiger partial charge in [-0.1, -0.05) is 13.8 Å². The number of alkyl halides is 3. The van der Waals surface area contributed by atoms with Gasteiger partial charge in [-0.05, 0) is 30.9 Å². The molecule has 0 spiro atoms. The molecular formula is C18H21F3N4OS. The van der Waals surface area contributed by atoms with Crippen molar-refractivity contribution in [2.24, 2.45) is 5.92 Å². The molecule has 9 heteroatoms. The molecular weight excluding hydrogens is 377 g/mol. The zero-order valence-corrected chi connectivity index (χ0v) is 15.9. The first-order valence-corrected chi connectivity index (χ1v) is 9.66. The highest BCUT2D eigenvalue weighted by Gasteiger charge is 2.31. The van der Waals surface area contributed by atoms with E-state index in [-0.39, 0.29) is 11.8 Å². The van der Waals surface area contributed by atoms with Gasteiger partial charge in [0, 0.05) is 30.6 Å². The average molecular weight is 398 g/mol. The third-order valence-corrected chi connectivity index (χ3v) is 5.38. The van der Waals surface area contributed by atoms with Gasteiger partial charge in [-0.15, -0.1) is 11.3 Å². The van der Waals surface area contributed by atoms with Crippen LogP contribution in [0.4, 0.5) is 24.1 Å². The predicted molar refractivity (Wildman–Crippen MR) is 99.0 cm³/mol. The van der Waals surface area contributed by atoms with Crippen molar-refractivity contribution in [2.45, 2.75) is 38.8 Å². The fourth-order valence-corrected chi connectivity index (χ4v) is 3.80. The highest BCUT2D eigenvalue weighted by Crippen LogP contribution is 2.30. The SMILES string of the molecule is CC(C)c1csc(NC(=O)C2CCN(c3ccc(C(F)(F)F)cn3)CC2)n1. The molecule has 1 amide bonds. The highest BCUT2D eigenvalue weighted by molar-refractivity contribution is 7.13. The molecule has 1 aliphatic heterocycles. The first-order valence-electron chi connectivity index (χ1n) is 8.78. The molecule has 1 N–H and O–H groups in total. The van der Waals surface area contributed by atoms with Crippen molar-refractivity contribution in [1.82, 2.24) is 9.97 Å². The average Bonchev–Trinajstić information content (AvgIpc) is 3.10. The van der Waals surface area contributed by atoms with Crippen molar-refractivity contribution >= 4 is 28.2 Å². The second kappa shape index (κ2) is 7.84. The highest BCUT2D eigenvalue weighted by atomic mass is 32.1. The Bertz CT molecular complexity index is 781. The first kappa shape index (κ1) is 19.6. The van der Waals surface area contributed by atoms with Crippen molar-refractivity contribution in [3.05, 3.63) is 35.0 Å². The van der Waals surface area contributed by atoms with Crippen LogP contribution in [-0.4, -0.2) is 29.0 Å². The molecule has 0 saturated carbocycles. The Morgan fingerprint density at radius 3 is 2.52 bits per heavy atom. The minimum atomic E-state index is -4.39. The van der Waals surface area contributed by atoms with Crippen LogP contribution >= 0.6 is 11.3 Å². The molecule has 3 rings (SSSR count). The third kappa shape index (κ3) is 4.77. The van der Waals surface area contributed by atoms with Gasteiger partial charge in [0.2, 0.25) is 5.91 Å². The molecule has 1 saturated heterocycles. The summed E-state index contributed by atoms with van der Waals surface area (Å²) in [6.45, 7) is 5.24. The Morgan fingerprint density at radius 1 is 1.30 bits per heavy atom. The van der Waals surface area contributed by atoms with E-state index in [9.17, 15) is 18.0 Å². The van der Waals surface area contributed by atoms with Gasteiger partial charge in [0.15, 0.2) is 5.13 Å². The predicted octanol–water partition coefficient (Wildman–Crippen LogP) is 4.54. The number of pyridine rings is 1. The number of hydrogen-bond acceptors (Lipinski definition) is 5. The van der Waals surface area contributed by atoms with E-state index in [0.717, 1.165) is 18.0 Å². The molecule has 0 aliphatic carbocycles. The quantitative estimate of drug-likeness (QED) is 0.822. The molecule has 2 aromatic rings. The van der Waals surface area contributed by atoms with Gasteiger partial charge in [-0.2, -0.15) is 13.2 Å². The second-order valence-electron chi connectivity index (χ2n) is 6.89. The van der Waals surface area contributed by atoms with Crippen LogP contribution in [0.3, 0.4) is 0 Å². The van der Waals surface area contributed by atoms with E-state index in [4.69, 9.17) is 0 Å². The molecule has 1 fully saturated rings. The molecule has 0 unspecified atom stereocenters. The fraction of sp³-hybridized carbons (Fsp3) is 0.500. The second-order valence-corrected chi connectivity index (χ2v) is 7.74. The Labute approximate surface area is 159 Å².